The number of aliphatic hydroxyl groups is 1. The summed E-state index contributed by atoms with van der Waals surface area (Å²) in [6.07, 6.45) is 4.69. The number of hydrogen-bond donors (Lipinski definition) is 2. The molecular formula is C14H24N2O4. The molecule has 6 nitrogen and oxygen atoms in total. The molecule has 2 aliphatic rings. The number of rotatable bonds is 3. The molecule has 2 amide bonds. The van der Waals surface area contributed by atoms with Crippen molar-refractivity contribution in [3.05, 3.63) is 0 Å². The minimum Gasteiger partial charge on any atom is -0.481 e. The SMILES string of the molecule is CN(C(=O)N1CCC(O)C1)C1(CC(=O)O)CCCCC1. The Morgan fingerprint density at radius 1 is 1.30 bits per heavy atom. The van der Waals surface area contributed by atoms with E-state index in [1.165, 1.54) is 0 Å². The number of carboxylic acid groups (broad SMARTS) is 1. The van der Waals surface area contributed by atoms with Crippen LogP contribution >= 0.6 is 0 Å². The molecule has 1 heterocycles. The zero-order valence-electron chi connectivity index (χ0n) is 12.0. The van der Waals surface area contributed by atoms with Gasteiger partial charge in [-0.3, -0.25) is 4.79 Å². The molecule has 1 aliphatic carbocycles. The number of β-amino-alcohol motifs (C(OH)–C–C–N with tert-alkyl or cyclic N) is 1. The van der Waals surface area contributed by atoms with Gasteiger partial charge in [-0.05, 0) is 19.3 Å². The molecule has 0 radical (unpaired) electrons. The van der Waals surface area contributed by atoms with Crippen LogP contribution in [0.5, 0.6) is 0 Å². The van der Waals surface area contributed by atoms with E-state index in [-0.39, 0.29) is 12.5 Å². The fourth-order valence-corrected chi connectivity index (χ4v) is 3.45. The first-order valence-electron chi connectivity index (χ1n) is 7.37. The first-order valence-corrected chi connectivity index (χ1v) is 7.37. The summed E-state index contributed by atoms with van der Waals surface area (Å²) in [5.41, 5.74) is -0.561. The molecule has 20 heavy (non-hydrogen) atoms. The molecule has 0 bridgehead atoms. The van der Waals surface area contributed by atoms with Gasteiger partial charge in [-0.25, -0.2) is 4.79 Å². The largest absolute Gasteiger partial charge is 0.481 e. The van der Waals surface area contributed by atoms with Gasteiger partial charge in [-0.1, -0.05) is 19.3 Å². The average Bonchev–Trinajstić information content (AvgIpc) is 2.84. The Balaban J connectivity index is 2.11. The number of nitrogens with zero attached hydrogens (tertiary/aromatic N) is 2. The van der Waals surface area contributed by atoms with Gasteiger partial charge in [0.2, 0.25) is 0 Å². The Labute approximate surface area is 119 Å². The maximum atomic E-state index is 12.5. The number of aliphatic hydroxyl groups excluding tert-OH is 1. The summed E-state index contributed by atoms with van der Waals surface area (Å²) in [5, 5.41) is 18.7. The highest BCUT2D eigenvalue weighted by atomic mass is 16.4. The zero-order valence-corrected chi connectivity index (χ0v) is 12.0. The quantitative estimate of drug-likeness (QED) is 0.818. The lowest BCUT2D eigenvalue weighted by molar-refractivity contribution is -0.140. The molecule has 114 valence electrons. The standard InChI is InChI=1S/C14H24N2O4/c1-15(13(20)16-8-5-11(17)10-16)14(9-12(18)19)6-3-2-4-7-14/h11,17H,2-10H2,1H3,(H,18,19). The number of amides is 2. The first-order chi connectivity index (χ1) is 9.44. The maximum Gasteiger partial charge on any atom is 0.320 e. The van der Waals surface area contributed by atoms with Crippen molar-refractivity contribution in [3.8, 4) is 0 Å². The molecule has 6 heteroatoms. The molecule has 1 unspecified atom stereocenters. The van der Waals surface area contributed by atoms with Crippen molar-refractivity contribution >= 4 is 12.0 Å². The topological polar surface area (TPSA) is 81.1 Å². The van der Waals surface area contributed by atoms with Crippen LogP contribution in [0.15, 0.2) is 0 Å². The van der Waals surface area contributed by atoms with E-state index in [2.05, 4.69) is 0 Å². The molecule has 0 spiro atoms. The molecule has 0 aromatic heterocycles. The molecule has 2 rings (SSSR count). The molecular weight excluding hydrogens is 260 g/mol. The van der Waals surface area contributed by atoms with Gasteiger partial charge in [-0.15, -0.1) is 0 Å². The predicted molar refractivity (Wildman–Crippen MR) is 73.4 cm³/mol. The van der Waals surface area contributed by atoms with Crippen molar-refractivity contribution < 1.29 is 19.8 Å². The van der Waals surface area contributed by atoms with Crippen LogP contribution < -0.4 is 0 Å². The predicted octanol–water partition coefficient (Wildman–Crippen LogP) is 1.28. The van der Waals surface area contributed by atoms with Gasteiger partial charge in [0.1, 0.15) is 0 Å². The van der Waals surface area contributed by atoms with Crippen molar-refractivity contribution in [1.82, 2.24) is 9.80 Å². The second-order valence-corrected chi connectivity index (χ2v) is 6.09. The summed E-state index contributed by atoms with van der Waals surface area (Å²) >= 11 is 0. The Kier molecular flexibility index (Phi) is 4.52. The summed E-state index contributed by atoms with van der Waals surface area (Å²) < 4.78 is 0. The molecule has 0 aromatic carbocycles. The third-order valence-electron chi connectivity index (χ3n) is 4.70. The molecule has 1 atom stereocenters. The number of hydrogen-bond acceptors (Lipinski definition) is 3. The van der Waals surface area contributed by atoms with Gasteiger partial charge in [-0.2, -0.15) is 0 Å². The Hall–Kier alpha value is -1.30. The minimum absolute atomic E-state index is 0.00559. The van der Waals surface area contributed by atoms with Crippen LogP contribution in [-0.2, 0) is 4.79 Å². The van der Waals surface area contributed by atoms with Crippen molar-refractivity contribution in [2.24, 2.45) is 0 Å². The van der Waals surface area contributed by atoms with Crippen molar-refractivity contribution in [1.29, 1.82) is 0 Å². The normalized spacial score (nSPS) is 25.5. The van der Waals surface area contributed by atoms with E-state index < -0.39 is 17.6 Å². The molecule has 1 aliphatic heterocycles. The third kappa shape index (κ3) is 3.06. The monoisotopic (exact) mass is 284 g/mol. The number of aliphatic carboxylic acids is 1. The summed E-state index contributed by atoms with van der Waals surface area (Å²) in [5.74, 6) is -0.854. The minimum atomic E-state index is -0.854. The second kappa shape index (κ2) is 5.99. The number of carboxylic acids is 1. The summed E-state index contributed by atoms with van der Waals surface area (Å²) in [7, 11) is 1.71. The fourth-order valence-electron chi connectivity index (χ4n) is 3.45. The number of likely N-dealkylation sites (tertiary alicyclic amines) is 1. The Morgan fingerprint density at radius 2 is 1.95 bits per heavy atom. The van der Waals surface area contributed by atoms with Gasteiger partial charge in [0.25, 0.3) is 0 Å². The molecule has 1 saturated heterocycles. The zero-order chi connectivity index (χ0) is 14.8. The summed E-state index contributed by atoms with van der Waals surface area (Å²) in [6, 6.07) is -0.148. The van der Waals surface area contributed by atoms with Gasteiger partial charge in [0, 0.05) is 20.1 Å². The van der Waals surface area contributed by atoms with E-state index in [1.807, 2.05) is 0 Å². The van der Waals surface area contributed by atoms with Crippen LogP contribution in [-0.4, -0.2) is 63.8 Å². The van der Waals surface area contributed by atoms with Gasteiger partial charge in [0.05, 0.1) is 18.1 Å². The highest BCUT2D eigenvalue weighted by Gasteiger charge is 2.42. The number of urea groups is 1. The number of carbonyl (C=O) groups excluding carboxylic acids is 1. The first kappa shape index (κ1) is 15.1. The molecule has 2 fully saturated rings. The third-order valence-corrected chi connectivity index (χ3v) is 4.70. The Bertz CT molecular complexity index is 379. The molecule has 0 aromatic rings. The van der Waals surface area contributed by atoms with Crippen LogP contribution in [0.1, 0.15) is 44.9 Å². The fraction of sp³-hybridized carbons (Fsp3) is 0.857. The van der Waals surface area contributed by atoms with E-state index in [0.29, 0.717) is 19.5 Å². The molecule has 2 N–H and O–H groups in total. The van der Waals surface area contributed by atoms with E-state index in [9.17, 15) is 19.8 Å². The lowest BCUT2D eigenvalue weighted by Gasteiger charge is -2.45. The van der Waals surface area contributed by atoms with Gasteiger partial charge < -0.3 is 20.0 Å². The van der Waals surface area contributed by atoms with Crippen LogP contribution in [0.25, 0.3) is 0 Å². The van der Waals surface area contributed by atoms with Crippen LogP contribution in [0, 0.1) is 0 Å². The smallest absolute Gasteiger partial charge is 0.320 e. The van der Waals surface area contributed by atoms with E-state index in [1.54, 1.807) is 16.8 Å². The highest BCUT2D eigenvalue weighted by molar-refractivity contribution is 5.77. The van der Waals surface area contributed by atoms with E-state index in [0.717, 1.165) is 32.1 Å². The summed E-state index contributed by atoms with van der Waals surface area (Å²) in [6.45, 7) is 0.903. The number of carbonyl (C=O) groups is 2. The lowest BCUT2D eigenvalue weighted by atomic mass is 9.78. The maximum absolute atomic E-state index is 12.5. The van der Waals surface area contributed by atoms with Crippen molar-refractivity contribution in [2.75, 3.05) is 20.1 Å². The van der Waals surface area contributed by atoms with Crippen LogP contribution in [0.4, 0.5) is 4.79 Å². The van der Waals surface area contributed by atoms with Gasteiger partial charge >= 0.3 is 12.0 Å². The van der Waals surface area contributed by atoms with Crippen molar-refractivity contribution in [3.63, 3.8) is 0 Å². The second-order valence-electron chi connectivity index (χ2n) is 6.09. The average molecular weight is 284 g/mol. The van der Waals surface area contributed by atoms with Gasteiger partial charge in [0.15, 0.2) is 0 Å². The van der Waals surface area contributed by atoms with E-state index >= 15 is 0 Å². The highest BCUT2D eigenvalue weighted by Crippen LogP contribution is 2.36. The van der Waals surface area contributed by atoms with E-state index in [4.69, 9.17) is 0 Å². The lowest BCUT2D eigenvalue weighted by Crippen LogP contribution is -2.55. The molecule has 1 saturated carbocycles. The van der Waals surface area contributed by atoms with Crippen LogP contribution in [0.2, 0.25) is 0 Å². The van der Waals surface area contributed by atoms with Crippen LogP contribution in [0.3, 0.4) is 0 Å². The van der Waals surface area contributed by atoms with Crippen molar-refractivity contribution in [2.45, 2.75) is 56.6 Å². The summed E-state index contributed by atoms with van der Waals surface area (Å²) in [4.78, 5) is 27.0. The Morgan fingerprint density at radius 3 is 2.45 bits per heavy atom.